The van der Waals surface area contributed by atoms with Crippen LogP contribution in [-0.4, -0.2) is 30.7 Å². The second-order valence-corrected chi connectivity index (χ2v) is 11.0. The highest BCUT2D eigenvalue weighted by molar-refractivity contribution is 7.74. The Labute approximate surface area is 224 Å². The molecule has 0 N–H and O–H groups in total. The first-order valence-corrected chi connectivity index (χ1v) is 14.6. The summed E-state index contributed by atoms with van der Waals surface area (Å²) in [5.74, 6) is 0. The molecule has 6 nitrogen and oxygen atoms in total. The van der Waals surface area contributed by atoms with Gasteiger partial charge in [-0.2, -0.15) is 0 Å². The summed E-state index contributed by atoms with van der Waals surface area (Å²) in [4.78, 5) is 0. The molecule has 3 aromatic rings. The van der Waals surface area contributed by atoms with Crippen molar-refractivity contribution in [3.8, 4) is 22.3 Å². The van der Waals surface area contributed by atoms with Crippen molar-refractivity contribution in [2.45, 2.75) is 57.8 Å². The van der Waals surface area contributed by atoms with E-state index in [2.05, 4.69) is 74.5 Å². The quantitative estimate of drug-likeness (QED) is 0.189. The van der Waals surface area contributed by atoms with Crippen molar-refractivity contribution in [2.75, 3.05) is 13.2 Å². The average Bonchev–Trinajstić information content (AvgIpc) is 3.12. The Balaban J connectivity index is 1.72. The summed E-state index contributed by atoms with van der Waals surface area (Å²) in [6.45, 7) is 4.49. The largest absolute Gasteiger partial charge is 0.750 e. The smallest absolute Gasteiger partial charge is 0.0842 e. The van der Waals surface area contributed by atoms with E-state index in [0.29, 0.717) is 12.8 Å². The Kier molecular flexibility index (Phi) is 9.45. The number of rotatable bonds is 13. The van der Waals surface area contributed by atoms with Gasteiger partial charge in [0.05, 0.1) is 35.9 Å². The van der Waals surface area contributed by atoms with Crippen molar-refractivity contribution < 1.29 is 25.9 Å². The van der Waals surface area contributed by atoms with Crippen LogP contribution >= 0.6 is 0 Å². The monoisotopic (exact) mass is 540 g/mol. The molecule has 3 aromatic carbocycles. The zero-order valence-electron chi connectivity index (χ0n) is 21.2. The molecule has 198 valence electrons. The van der Waals surface area contributed by atoms with Gasteiger partial charge in [0.1, 0.15) is 0 Å². The van der Waals surface area contributed by atoms with Crippen LogP contribution in [0.25, 0.3) is 22.3 Å². The summed E-state index contributed by atoms with van der Waals surface area (Å²) in [5.41, 5.74) is 9.44. The molecule has 0 fully saturated rings. The van der Waals surface area contributed by atoms with E-state index >= 15 is 0 Å². The van der Waals surface area contributed by atoms with Gasteiger partial charge in [0, 0.05) is 5.41 Å². The van der Waals surface area contributed by atoms with Crippen LogP contribution in [0, 0.1) is 13.8 Å². The molecule has 0 amide bonds. The summed E-state index contributed by atoms with van der Waals surface area (Å²) in [5, 5.41) is 0. The summed E-state index contributed by atoms with van der Waals surface area (Å²) >= 11 is -5.02. The lowest BCUT2D eigenvalue weighted by Crippen LogP contribution is -2.26. The predicted octanol–water partition coefficient (Wildman–Crippen LogP) is 6.20. The van der Waals surface area contributed by atoms with Crippen molar-refractivity contribution in [2.24, 2.45) is 0 Å². The summed E-state index contributed by atoms with van der Waals surface area (Å²) < 4.78 is 52.8. The van der Waals surface area contributed by atoms with Gasteiger partial charge in [-0.25, -0.2) is 8.42 Å². The van der Waals surface area contributed by atoms with Gasteiger partial charge in [-0.1, -0.05) is 65.7 Å². The topological polar surface area (TPSA) is 98.7 Å². The summed E-state index contributed by atoms with van der Waals surface area (Å²) in [6.07, 6.45) is 4.50. The highest BCUT2D eigenvalue weighted by Crippen LogP contribution is 2.55. The first kappa shape index (κ1) is 27.8. The molecule has 0 aromatic heterocycles. The first-order chi connectivity index (χ1) is 17.8. The van der Waals surface area contributed by atoms with E-state index < -0.39 is 22.7 Å². The maximum atomic E-state index is 10.8. The van der Waals surface area contributed by atoms with Gasteiger partial charge in [0.25, 0.3) is 0 Å². The maximum absolute atomic E-state index is 10.8. The fraction of sp³-hybridized carbons (Fsp3) is 0.379. The van der Waals surface area contributed by atoms with Gasteiger partial charge < -0.3 is 17.5 Å². The molecule has 2 unspecified atom stereocenters. The van der Waals surface area contributed by atoms with Crippen molar-refractivity contribution in [1.29, 1.82) is 0 Å². The van der Waals surface area contributed by atoms with Gasteiger partial charge in [-0.05, 0) is 91.8 Å². The molecule has 4 rings (SSSR count). The van der Waals surface area contributed by atoms with Gasteiger partial charge in [-0.15, -0.1) is 0 Å². The Morgan fingerprint density at radius 2 is 1.14 bits per heavy atom. The Morgan fingerprint density at radius 1 is 0.649 bits per heavy atom. The van der Waals surface area contributed by atoms with E-state index in [1.165, 1.54) is 33.4 Å². The highest BCUT2D eigenvalue weighted by Gasteiger charge is 2.42. The van der Waals surface area contributed by atoms with Crippen molar-refractivity contribution in [3.63, 3.8) is 0 Å². The molecular formula is C29H32O6S2-2. The molecular weight excluding hydrogens is 508 g/mol. The minimum atomic E-state index is -2.51. The van der Waals surface area contributed by atoms with Crippen LogP contribution in [0.1, 0.15) is 60.8 Å². The van der Waals surface area contributed by atoms with Crippen LogP contribution in [-0.2, 0) is 36.5 Å². The van der Waals surface area contributed by atoms with Crippen molar-refractivity contribution >= 4 is 22.7 Å². The fourth-order valence-corrected chi connectivity index (χ4v) is 6.02. The van der Waals surface area contributed by atoms with Gasteiger partial charge in [-0.3, -0.25) is 0 Å². The van der Waals surface area contributed by atoms with E-state index in [9.17, 15) is 17.5 Å². The molecule has 0 radical (unpaired) electrons. The summed E-state index contributed by atoms with van der Waals surface area (Å²) in [7, 11) is 0. The predicted molar refractivity (Wildman–Crippen MR) is 145 cm³/mol. The number of hydrogen-bond acceptors (Lipinski definition) is 6. The molecule has 0 saturated carbocycles. The molecule has 2 atom stereocenters. The van der Waals surface area contributed by atoms with Crippen LogP contribution < -0.4 is 0 Å². The van der Waals surface area contributed by atoms with Gasteiger partial charge in [0.2, 0.25) is 0 Å². The molecule has 0 heterocycles. The summed E-state index contributed by atoms with van der Waals surface area (Å²) in [6, 6.07) is 21.8. The Bertz CT molecular complexity index is 1250. The zero-order valence-corrected chi connectivity index (χ0v) is 22.8. The number of fused-ring (bicyclic) bond motifs is 3. The molecule has 1 aliphatic carbocycles. The molecule has 0 bridgehead atoms. The number of benzene rings is 3. The van der Waals surface area contributed by atoms with E-state index in [1.54, 1.807) is 0 Å². The SMILES string of the molecule is Cc1ccc(-c2ccc3c(c2)C(CCCCOS(=O)[O-])(CCCCOS(=O)[O-])c2cc(C)ccc2-3)cc1. The van der Waals surface area contributed by atoms with E-state index in [-0.39, 0.29) is 18.6 Å². The van der Waals surface area contributed by atoms with Gasteiger partial charge in [0.15, 0.2) is 0 Å². The zero-order chi connectivity index (χ0) is 26.4. The Morgan fingerprint density at radius 3 is 1.70 bits per heavy atom. The fourth-order valence-electron chi connectivity index (χ4n) is 5.51. The Hall–Kier alpha value is -2.20. The van der Waals surface area contributed by atoms with Crippen LogP contribution in [0.4, 0.5) is 0 Å². The second kappa shape index (κ2) is 12.6. The molecule has 1 aliphatic rings. The minimum absolute atomic E-state index is 0.159. The third kappa shape index (κ3) is 6.63. The number of hydrogen-bond donors (Lipinski definition) is 0. The van der Waals surface area contributed by atoms with Crippen molar-refractivity contribution in [3.05, 3.63) is 82.9 Å². The van der Waals surface area contributed by atoms with E-state index in [1.807, 2.05) is 0 Å². The second-order valence-electron chi connectivity index (χ2n) is 9.72. The lowest BCUT2D eigenvalue weighted by Gasteiger charge is -2.33. The highest BCUT2D eigenvalue weighted by atomic mass is 32.2. The standard InChI is InChI=1S/C29H34O6S2/c1-21-7-10-23(11-8-21)24-12-14-26-25-13-9-22(2)19-27(25)29(28(26)20-24,15-3-5-17-34-36(30)31)16-4-6-18-35-37(32)33/h7-14,19-20H,3-6,15-18H2,1-2H3,(H,30,31)(H,32,33)/p-2. The van der Waals surface area contributed by atoms with Crippen LogP contribution in [0.15, 0.2) is 60.7 Å². The van der Waals surface area contributed by atoms with Gasteiger partial charge >= 0.3 is 0 Å². The van der Waals surface area contributed by atoms with Crippen LogP contribution in [0.5, 0.6) is 0 Å². The lowest BCUT2D eigenvalue weighted by atomic mass is 9.70. The van der Waals surface area contributed by atoms with E-state index in [0.717, 1.165) is 36.8 Å². The number of aryl methyl sites for hydroxylation is 2. The molecule has 37 heavy (non-hydrogen) atoms. The third-order valence-corrected chi connectivity index (χ3v) is 7.97. The third-order valence-electron chi connectivity index (χ3n) is 7.26. The molecule has 0 spiro atoms. The lowest BCUT2D eigenvalue weighted by molar-refractivity contribution is 0.277. The molecule has 0 saturated heterocycles. The molecule has 8 heteroatoms. The van der Waals surface area contributed by atoms with Crippen LogP contribution in [0.2, 0.25) is 0 Å². The average molecular weight is 541 g/mol. The first-order valence-electron chi connectivity index (χ1n) is 12.6. The minimum Gasteiger partial charge on any atom is -0.750 e. The maximum Gasteiger partial charge on any atom is 0.0842 e. The van der Waals surface area contributed by atoms with Crippen LogP contribution in [0.3, 0.4) is 0 Å². The van der Waals surface area contributed by atoms with Crippen molar-refractivity contribution in [1.82, 2.24) is 0 Å². The van der Waals surface area contributed by atoms with E-state index in [4.69, 9.17) is 8.37 Å². The normalized spacial score (nSPS) is 17.8. The molecule has 0 aliphatic heterocycles. The number of unbranched alkanes of at least 4 members (excludes halogenated alkanes) is 2.